The van der Waals surface area contributed by atoms with Gasteiger partial charge in [-0.25, -0.2) is 4.79 Å². The number of hydrogen-bond donors (Lipinski definition) is 3. The largest absolute Gasteiger partial charge is 0.381 e. The highest BCUT2D eigenvalue weighted by molar-refractivity contribution is 6.04. The predicted octanol–water partition coefficient (Wildman–Crippen LogP) is -3.16. The van der Waals surface area contributed by atoms with E-state index in [1.54, 1.807) is 0 Å². The third-order valence-corrected chi connectivity index (χ3v) is 2.35. The number of urea groups is 1. The van der Waals surface area contributed by atoms with Crippen molar-refractivity contribution in [1.82, 2.24) is 15.1 Å². The van der Waals surface area contributed by atoms with Crippen LogP contribution < -0.4 is 11.1 Å². The van der Waals surface area contributed by atoms with Crippen LogP contribution in [0.15, 0.2) is 0 Å². The molecule has 9 nitrogen and oxygen atoms in total. The van der Waals surface area contributed by atoms with Crippen molar-refractivity contribution in [3.05, 3.63) is 0 Å². The van der Waals surface area contributed by atoms with Crippen molar-refractivity contribution < 1.29 is 24.3 Å². The summed E-state index contributed by atoms with van der Waals surface area (Å²) in [6.45, 7) is -0.885. The maximum atomic E-state index is 11.4. The summed E-state index contributed by atoms with van der Waals surface area (Å²) in [5.41, 5.74) is 4.78. The lowest BCUT2D eigenvalue weighted by molar-refractivity contribution is -0.131. The smallest absolute Gasteiger partial charge is 0.327 e. The minimum absolute atomic E-state index is 0.0734. The molecule has 9 heteroatoms. The van der Waals surface area contributed by atoms with Crippen molar-refractivity contribution in [3.8, 4) is 0 Å². The molecule has 100 valence electrons. The number of nitrogens with two attached hydrogens (primary N) is 1. The van der Waals surface area contributed by atoms with E-state index in [0.29, 0.717) is 0 Å². The number of amides is 5. The van der Waals surface area contributed by atoms with Gasteiger partial charge in [-0.3, -0.25) is 19.3 Å². The zero-order valence-electron chi connectivity index (χ0n) is 9.75. The molecule has 0 aromatic heterocycles. The van der Waals surface area contributed by atoms with Gasteiger partial charge in [0.2, 0.25) is 11.8 Å². The van der Waals surface area contributed by atoms with Gasteiger partial charge in [-0.05, 0) is 0 Å². The Morgan fingerprint density at radius 1 is 1.50 bits per heavy atom. The fourth-order valence-electron chi connectivity index (χ4n) is 1.34. The molecule has 0 aliphatic carbocycles. The van der Waals surface area contributed by atoms with E-state index in [2.05, 4.69) is 5.32 Å². The van der Waals surface area contributed by atoms with E-state index in [1.807, 2.05) is 0 Å². The van der Waals surface area contributed by atoms with Crippen molar-refractivity contribution in [2.45, 2.75) is 6.10 Å². The van der Waals surface area contributed by atoms with Crippen LogP contribution in [0.3, 0.4) is 0 Å². The average Bonchev–Trinajstić information content (AvgIpc) is 2.52. The molecular weight excluding hydrogens is 244 g/mol. The third-order valence-electron chi connectivity index (χ3n) is 2.35. The SMILES string of the molecule is CN1CC(=O)N(CC(=O)NCC(O)C(N)=O)C1=O. The van der Waals surface area contributed by atoms with Gasteiger partial charge < -0.3 is 21.1 Å². The second-order valence-corrected chi connectivity index (χ2v) is 3.84. The summed E-state index contributed by atoms with van der Waals surface area (Å²) in [4.78, 5) is 46.6. The molecule has 1 saturated heterocycles. The zero-order chi connectivity index (χ0) is 13.9. The molecule has 0 saturated carbocycles. The molecule has 1 atom stereocenters. The third kappa shape index (κ3) is 3.17. The van der Waals surface area contributed by atoms with E-state index in [0.717, 1.165) is 4.90 Å². The van der Waals surface area contributed by atoms with Gasteiger partial charge in [0.1, 0.15) is 19.2 Å². The maximum Gasteiger partial charge on any atom is 0.327 e. The minimum Gasteiger partial charge on any atom is -0.381 e. The average molecular weight is 258 g/mol. The molecule has 1 rings (SSSR count). The van der Waals surface area contributed by atoms with Gasteiger partial charge in [-0.2, -0.15) is 0 Å². The van der Waals surface area contributed by atoms with Gasteiger partial charge in [0, 0.05) is 7.05 Å². The highest BCUT2D eigenvalue weighted by atomic mass is 16.3. The van der Waals surface area contributed by atoms with Crippen LogP contribution in [0.1, 0.15) is 0 Å². The van der Waals surface area contributed by atoms with Crippen molar-refractivity contribution in [1.29, 1.82) is 0 Å². The first-order chi connectivity index (χ1) is 8.32. The van der Waals surface area contributed by atoms with Gasteiger partial charge in [-0.15, -0.1) is 0 Å². The Bertz CT molecular complexity index is 396. The van der Waals surface area contributed by atoms with E-state index in [4.69, 9.17) is 10.8 Å². The summed E-state index contributed by atoms with van der Waals surface area (Å²) in [7, 11) is 1.44. The van der Waals surface area contributed by atoms with Crippen molar-refractivity contribution >= 4 is 23.8 Å². The maximum absolute atomic E-state index is 11.4. The molecule has 0 aromatic rings. The standard InChI is InChI=1S/C9H14N4O5/c1-12-4-7(16)13(9(12)18)3-6(15)11-2-5(14)8(10)17/h5,14H,2-4H2,1H3,(H2,10,17)(H,11,15). The summed E-state index contributed by atoms with van der Waals surface area (Å²) in [6.07, 6.45) is -1.50. The molecule has 5 amide bonds. The quantitative estimate of drug-likeness (QED) is 0.448. The molecule has 1 aliphatic heterocycles. The second-order valence-electron chi connectivity index (χ2n) is 3.84. The lowest BCUT2D eigenvalue weighted by atomic mass is 10.3. The van der Waals surface area contributed by atoms with E-state index in [1.165, 1.54) is 11.9 Å². The Morgan fingerprint density at radius 3 is 2.56 bits per heavy atom. The number of imide groups is 1. The van der Waals surface area contributed by atoms with Crippen LogP contribution in [0.2, 0.25) is 0 Å². The van der Waals surface area contributed by atoms with Crippen molar-refractivity contribution in [2.75, 3.05) is 26.7 Å². The molecule has 1 heterocycles. The van der Waals surface area contributed by atoms with Gasteiger partial charge in [0.15, 0.2) is 0 Å². The number of rotatable bonds is 5. The number of primary amides is 1. The lowest BCUT2D eigenvalue weighted by Crippen LogP contribution is -2.45. The normalized spacial score (nSPS) is 17.0. The monoisotopic (exact) mass is 258 g/mol. The van der Waals surface area contributed by atoms with Crippen LogP contribution >= 0.6 is 0 Å². The van der Waals surface area contributed by atoms with E-state index in [9.17, 15) is 19.2 Å². The highest BCUT2D eigenvalue weighted by Gasteiger charge is 2.34. The number of likely N-dealkylation sites (N-methyl/N-ethyl adjacent to an activating group) is 1. The Kier molecular flexibility index (Phi) is 4.21. The first-order valence-corrected chi connectivity index (χ1v) is 5.12. The van der Waals surface area contributed by atoms with Crippen molar-refractivity contribution in [3.63, 3.8) is 0 Å². The van der Waals surface area contributed by atoms with E-state index >= 15 is 0 Å². The number of carbonyl (C=O) groups is 4. The molecule has 0 bridgehead atoms. The van der Waals surface area contributed by atoms with E-state index < -0.39 is 36.4 Å². The Balaban J connectivity index is 2.43. The molecule has 18 heavy (non-hydrogen) atoms. The number of aliphatic hydroxyl groups excluding tert-OH is 1. The number of hydrogen-bond acceptors (Lipinski definition) is 5. The van der Waals surface area contributed by atoms with Crippen molar-refractivity contribution in [2.24, 2.45) is 5.73 Å². The molecule has 0 radical (unpaired) electrons. The summed E-state index contributed by atoms with van der Waals surface area (Å²) < 4.78 is 0. The van der Waals surface area contributed by atoms with Crippen LogP contribution in [0, 0.1) is 0 Å². The molecular formula is C9H14N4O5. The van der Waals surface area contributed by atoms with Gasteiger partial charge >= 0.3 is 6.03 Å². The molecule has 1 unspecified atom stereocenters. The van der Waals surface area contributed by atoms with Crippen LogP contribution in [0.25, 0.3) is 0 Å². The van der Waals surface area contributed by atoms with Gasteiger partial charge in [0.05, 0.1) is 6.54 Å². The number of aliphatic hydroxyl groups is 1. The second kappa shape index (κ2) is 5.45. The fourth-order valence-corrected chi connectivity index (χ4v) is 1.34. The van der Waals surface area contributed by atoms with E-state index in [-0.39, 0.29) is 13.1 Å². The number of carbonyl (C=O) groups excluding carboxylic acids is 4. The highest BCUT2D eigenvalue weighted by Crippen LogP contribution is 2.06. The molecule has 1 aliphatic rings. The molecule has 4 N–H and O–H groups in total. The molecule has 0 spiro atoms. The first kappa shape index (κ1) is 13.9. The van der Waals surface area contributed by atoms with Crippen LogP contribution in [0.5, 0.6) is 0 Å². The summed E-state index contributed by atoms with van der Waals surface area (Å²) in [6, 6.07) is -0.564. The summed E-state index contributed by atoms with van der Waals surface area (Å²) in [5.74, 6) is -2.11. The predicted molar refractivity (Wildman–Crippen MR) is 57.9 cm³/mol. The summed E-state index contributed by atoms with van der Waals surface area (Å²) in [5, 5.41) is 11.2. The Morgan fingerprint density at radius 2 is 2.11 bits per heavy atom. The summed E-state index contributed by atoms with van der Waals surface area (Å²) >= 11 is 0. The first-order valence-electron chi connectivity index (χ1n) is 5.12. The fraction of sp³-hybridized carbons (Fsp3) is 0.556. The minimum atomic E-state index is -1.50. The molecule has 1 fully saturated rings. The Hall–Kier alpha value is -2.16. The number of nitrogens with one attached hydrogen (secondary N) is 1. The molecule has 0 aromatic carbocycles. The number of nitrogens with zero attached hydrogens (tertiary/aromatic N) is 2. The zero-order valence-corrected chi connectivity index (χ0v) is 9.75. The van der Waals surface area contributed by atoms with Crippen LogP contribution in [-0.2, 0) is 14.4 Å². The van der Waals surface area contributed by atoms with Gasteiger partial charge in [-0.1, -0.05) is 0 Å². The topological polar surface area (TPSA) is 133 Å². The lowest BCUT2D eigenvalue weighted by Gasteiger charge is -2.14. The van der Waals surface area contributed by atoms with Gasteiger partial charge in [0.25, 0.3) is 5.91 Å². The van der Waals surface area contributed by atoms with Crippen LogP contribution in [0.4, 0.5) is 4.79 Å². The Labute approximate surface area is 103 Å². The van der Waals surface area contributed by atoms with Crippen LogP contribution in [-0.4, -0.2) is 71.4 Å².